The fourth-order valence-corrected chi connectivity index (χ4v) is 6.35. The van der Waals surface area contributed by atoms with E-state index >= 15 is 0 Å². The first-order chi connectivity index (χ1) is 5.38. The standard InChI is InChI=1S/C10H19P/c1-9-5-4-8-11(9)10-6-2-3-7-10/h9-10H,2-8H2,1H3. The summed E-state index contributed by atoms with van der Waals surface area (Å²) in [5.41, 5.74) is 2.32. The summed E-state index contributed by atoms with van der Waals surface area (Å²) in [5, 5.41) is 0. The molecule has 0 aromatic rings. The van der Waals surface area contributed by atoms with Gasteiger partial charge in [0.1, 0.15) is 0 Å². The van der Waals surface area contributed by atoms with E-state index in [2.05, 4.69) is 6.92 Å². The van der Waals surface area contributed by atoms with Crippen LogP contribution in [0.2, 0.25) is 0 Å². The summed E-state index contributed by atoms with van der Waals surface area (Å²) in [6, 6.07) is 0. The highest BCUT2D eigenvalue weighted by Gasteiger charge is 2.31. The minimum absolute atomic E-state index is 0.493. The van der Waals surface area contributed by atoms with Gasteiger partial charge in [-0.3, -0.25) is 0 Å². The third-order valence-electron chi connectivity index (χ3n) is 3.40. The predicted molar refractivity (Wildman–Crippen MR) is 52.7 cm³/mol. The Hall–Kier alpha value is 0.430. The van der Waals surface area contributed by atoms with Crippen molar-refractivity contribution in [2.24, 2.45) is 0 Å². The molecule has 2 rings (SSSR count). The molecule has 1 saturated carbocycles. The highest BCUT2D eigenvalue weighted by molar-refractivity contribution is 7.59. The minimum Gasteiger partial charge on any atom is -0.101 e. The first kappa shape index (κ1) is 8.05. The van der Waals surface area contributed by atoms with E-state index in [1.54, 1.807) is 31.8 Å². The molecule has 1 heteroatoms. The lowest BCUT2D eigenvalue weighted by Crippen LogP contribution is -2.05. The van der Waals surface area contributed by atoms with Crippen molar-refractivity contribution in [3.63, 3.8) is 0 Å². The van der Waals surface area contributed by atoms with E-state index in [0.717, 1.165) is 5.66 Å². The predicted octanol–water partition coefficient (Wildman–Crippen LogP) is 3.59. The Morgan fingerprint density at radius 3 is 2.27 bits per heavy atom. The second kappa shape index (κ2) is 3.44. The molecule has 64 valence electrons. The van der Waals surface area contributed by atoms with Crippen molar-refractivity contribution in [1.29, 1.82) is 0 Å². The SMILES string of the molecule is CC1CCCP1C1CCCC1. The summed E-state index contributed by atoms with van der Waals surface area (Å²) < 4.78 is 0. The molecule has 1 aliphatic heterocycles. The van der Waals surface area contributed by atoms with Crippen molar-refractivity contribution < 1.29 is 0 Å². The summed E-state index contributed by atoms with van der Waals surface area (Å²) in [7, 11) is 0.493. The summed E-state index contributed by atoms with van der Waals surface area (Å²) in [6.07, 6.45) is 10.9. The molecule has 1 aliphatic carbocycles. The van der Waals surface area contributed by atoms with Crippen molar-refractivity contribution in [2.75, 3.05) is 6.16 Å². The molecule has 0 spiro atoms. The van der Waals surface area contributed by atoms with Gasteiger partial charge in [0, 0.05) is 0 Å². The zero-order valence-electron chi connectivity index (χ0n) is 7.55. The largest absolute Gasteiger partial charge is 0.101 e. The van der Waals surface area contributed by atoms with Gasteiger partial charge in [-0.05, 0) is 43.2 Å². The van der Waals surface area contributed by atoms with Gasteiger partial charge in [-0.1, -0.05) is 19.8 Å². The first-order valence-corrected chi connectivity index (χ1v) is 6.80. The van der Waals surface area contributed by atoms with Crippen LogP contribution >= 0.6 is 7.92 Å². The Balaban J connectivity index is 1.92. The zero-order chi connectivity index (χ0) is 7.68. The van der Waals surface area contributed by atoms with Crippen LogP contribution in [0.15, 0.2) is 0 Å². The number of hydrogen-bond donors (Lipinski definition) is 0. The van der Waals surface area contributed by atoms with E-state index in [9.17, 15) is 0 Å². The Kier molecular flexibility index (Phi) is 2.51. The Morgan fingerprint density at radius 1 is 1.00 bits per heavy atom. The molecule has 2 unspecified atom stereocenters. The van der Waals surface area contributed by atoms with Crippen molar-refractivity contribution in [2.45, 2.75) is 56.8 Å². The smallest absolute Gasteiger partial charge is 0.0207 e. The van der Waals surface area contributed by atoms with Crippen LogP contribution in [0.1, 0.15) is 45.4 Å². The Labute approximate surface area is 71.5 Å². The molecular weight excluding hydrogens is 151 g/mol. The van der Waals surface area contributed by atoms with Crippen molar-refractivity contribution in [3.05, 3.63) is 0 Å². The van der Waals surface area contributed by atoms with E-state index < -0.39 is 0 Å². The molecule has 2 aliphatic rings. The summed E-state index contributed by atoms with van der Waals surface area (Å²) in [6.45, 7) is 2.50. The maximum absolute atomic E-state index is 2.50. The molecule has 2 atom stereocenters. The van der Waals surface area contributed by atoms with Crippen LogP contribution in [0.4, 0.5) is 0 Å². The average molecular weight is 170 g/mol. The molecule has 1 saturated heterocycles. The summed E-state index contributed by atoms with van der Waals surface area (Å²) >= 11 is 0. The second-order valence-electron chi connectivity index (χ2n) is 4.17. The van der Waals surface area contributed by atoms with Gasteiger partial charge in [-0.15, -0.1) is 7.92 Å². The highest BCUT2D eigenvalue weighted by Crippen LogP contribution is 2.57. The lowest BCUT2D eigenvalue weighted by molar-refractivity contribution is 0.826. The lowest BCUT2D eigenvalue weighted by Gasteiger charge is -2.23. The second-order valence-corrected chi connectivity index (χ2v) is 7.25. The molecule has 11 heavy (non-hydrogen) atoms. The van der Waals surface area contributed by atoms with E-state index in [0.29, 0.717) is 7.92 Å². The minimum atomic E-state index is 0.493. The van der Waals surface area contributed by atoms with Gasteiger partial charge in [-0.25, -0.2) is 0 Å². The molecule has 0 amide bonds. The lowest BCUT2D eigenvalue weighted by atomic mass is 10.3. The van der Waals surface area contributed by atoms with Crippen LogP contribution in [0.3, 0.4) is 0 Å². The summed E-state index contributed by atoms with van der Waals surface area (Å²) in [5.74, 6) is 0. The average Bonchev–Trinajstić information content (AvgIpc) is 2.55. The molecule has 2 fully saturated rings. The fraction of sp³-hybridized carbons (Fsp3) is 1.00. The number of hydrogen-bond acceptors (Lipinski definition) is 0. The van der Waals surface area contributed by atoms with Gasteiger partial charge in [0.05, 0.1) is 0 Å². The van der Waals surface area contributed by atoms with Gasteiger partial charge in [0.15, 0.2) is 0 Å². The zero-order valence-corrected chi connectivity index (χ0v) is 8.45. The Morgan fingerprint density at radius 2 is 1.73 bits per heavy atom. The molecule has 0 radical (unpaired) electrons. The Bertz CT molecular complexity index is 127. The topological polar surface area (TPSA) is 0 Å². The molecule has 0 aromatic carbocycles. The van der Waals surface area contributed by atoms with Gasteiger partial charge < -0.3 is 0 Å². The van der Waals surface area contributed by atoms with Crippen LogP contribution in [0.5, 0.6) is 0 Å². The van der Waals surface area contributed by atoms with Gasteiger partial charge in [0.25, 0.3) is 0 Å². The van der Waals surface area contributed by atoms with E-state index in [1.807, 2.05) is 0 Å². The van der Waals surface area contributed by atoms with E-state index in [-0.39, 0.29) is 0 Å². The number of rotatable bonds is 1. The van der Waals surface area contributed by atoms with Gasteiger partial charge in [-0.2, -0.15) is 0 Å². The first-order valence-electron chi connectivity index (χ1n) is 5.13. The van der Waals surface area contributed by atoms with Crippen LogP contribution < -0.4 is 0 Å². The van der Waals surface area contributed by atoms with Crippen molar-refractivity contribution >= 4 is 7.92 Å². The summed E-state index contributed by atoms with van der Waals surface area (Å²) in [4.78, 5) is 0. The van der Waals surface area contributed by atoms with E-state index in [4.69, 9.17) is 0 Å². The van der Waals surface area contributed by atoms with Gasteiger partial charge >= 0.3 is 0 Å². The van der Waals surface area contributed by atoms with Crippen LogP contribution in [0.25, 0.3) is 0 Å². The molecule has 0 aromatic heterocycles. The van der Waals surface area contributed by atoms with E-state index in [1.165, 1.54) is 18.5 Å². The third kappa shape index (κ3) is 1.61. The molecular formula is C10H19P. The maximum atomic E-state index is 2.50. The maximum Gasteiger partial charge on any atom is -0.0207 e. The molecule has 1 heterocycles. The van der Waals surface area contributed by atoms with Crippen molar-refractivity contribution in [1.82, 2.24) is 0 Å². The van der Waals surface area contributed by atoms with Crippen molar-refractivity contribution in [3.8, 4) is 0 Å². The van der Waals surface area contributed by atoms with Crippen LogP contribution in [-0.4, -0.2) is 17.5 Å². The third-order valence-corrected chi connectivity index (χ3v) is 7.08. The highest BCUT2D eigenvalue weighted by atomic mass is 31.1. The monoisotopic (exact) mass is 170 g/mol. The van der Waals surface area contributed by atoms with Gasteiger partial charge in [0.2, 0.25) is 0 Å². The molecule has 0 nitrogen and oxygen atoms in total. The van der Waals surface area contributed by atoms with Crippen LogP contribution in [0, 0.1) is 0 Å². The van der Waals surface area contributed by atoms with Crippen LogP contribution in [-0.2, 0) is 0 Å². The molecule has 0 N–H and O–H groups in total. The molecule has 0 bridgehead atoms. The fourth-order valence-electron chi connectivity index (χ4n) is 2.73. The quantitative estimate of drug-likeness (QED) is 0.527. The normalized spacial score (nSPS) is 40.1.